The third-order valence-corrected chi connectivity index (χ3v) is 3.98. The first-order chi connectivity index (χ1) is 8.16. The van der Waals surface area contributed by atoms with E-state index in [-0.39, 0.29) is 5.91 Å². The van der Waals surface area contributed by atoms with E-state index < -0.39 is 0 Å². The minimum absolute atomic E-state index is 0.0347. The van der Waals surface area contributed by atoms with Gasteiger partial charge in [-0.2, -0.15) is 0 Å². The number of hydrogen-bond donors (Lipinski definition) is 2. The average molecular weight is 297 g/mol. The lowest BCUT2D eigenvalue weighted by molar-refractivity contribution is 0.0929. The van der Waals surface area contributed by atoms with E-state index in [1.165, 1.54) is 0 Å². The zero-order valence-electron chi connectivity index (χ0n) is 9.92. The average Bonchev–Trinajstić information content (AvgIpc) is 2.34. The van der Waals surface area contributed by atoms with Crippen LogP contribution in [0.25, 0.3) is 0 Å². The van der Waals surface area contributed by atoms with Crippen LogP contribution in [0.4, 0.5) is 0 Å². The normalized spacial score (nSPS) is 16.8. The van der Waals surface area contributed by atoms with Crippen LogP contribution in [0.2, 0.25) is 0 Å². The maximum atomic E-state index is 12.0. The van der Waals surface area contributed by atoms with Crippen molar-refractivity contribution in [2.45, 2.75) is 25.8 Å². The van der Waals surface area contributed by atoms with E-state index in [9.17, 15) is 4.79 Å². The molecule has 92 valence electrons. The molecule has 0 saturated carbocycles. The van der Waals surface area contributed by atoms with E-state index >= 15 is 0 Å². The Kier molecular flexibility index (Phi) is 4.18. The van der Waals surface area contributed by atoms with E-state index in [0.717, 1.165) is 41.5 Å². The number of piperidine rings is 1. The number of rotatable bonds is 2. The maximum absolute atomic E-state index is 12.0. The number of benzene rings is 1. The molecule has 1 heterocycles. The monoisotopic (exact) mass is 296 g/mol. The van der Waals surface area contributed by atoms with Gasteiger partial charge in [0.25, 0.3) is 5.91 Å². The summed E-state index contributed by atoms with van der Waals surface area (Å²) >= 11 is 3.44. The minimum atomic E-state index is 0.0347. The Hall–Kier alpha value is -0.870. The highest BCUT2D eigenvalue weighted by molar-refractivity contribution is 9.10. The van der Waals surface area contributed by atoms with Crippen molar-refractivity contribution in [1.29, 1.82) is 0 Å². The molecule has 0 aromatic heterocycles. The summed E-state index contributed by atoms with van der Waals surface area (Å²) in [6, 6.07) is 6.01. The molecule has 4 heteroatoms. The van der Waals surface area contributed by atoms with Gasteiger partial charge < -0.3 is 10.6 Å². The molecule has 0 aliphatic carbocycles. The Labute approximate surface area is 110 Å². The molecule has 17 heavy (non-hydrogen) atoms. The standard InChI is InChI=1S/C13H17BrN2O/c1-9-8-10(2-3-12(9)14)13(17)16-11-4-6-15-7-5-11/h2-3,8,11,15H,4-7H2,1H3,(H,16,17). The molecule has 1 aliphatic heterocycles. The number of carbonyl (C=O) groups is 1. The van der Waals surface area contributed by atoms with Gasteiger partial charge in [-0.05, 0) is 56.6 Å². The summed E-state index contributed by atoms with van der Waals surface area (Å²) < 4.78 is 1.04. The maximum Gasteiger partial charge on any atom is 0.251 e. The molecule has 1 amide bonds. The lowest BCUT2D eigenvalue weighted by atomic mass is 10.1. The van der Waals surface area contributed by atoms with Crippen LogP contribution in [0.1, 0.15) is 28.8 Å². The van der Waals surface area contributed by atoms with Crippen molar-refractivity contribution < 1.29 is 4.79 Å². The lowest BCUT2D eigenvalue weighted by Gasteiger charge is -2.23. The second-order valence-electron chi connectivity index (χ2n) is 4.46. The van der Waals surface area contributed by atoms with E-state index in [0.29, 0.717) is 6.04 Å². The van der Waals surface area contributed by atoms with Crippen molar-refractivity contribution in [2.75, 3.05) is 13.1 Å². The third kappa shape index (κ3) is 3.30. The summed E-state index contributed by atoms with van der Waals surface area (Å²) in [5.41, 5.74) is 1.83. The molecule has 2 rings (SSSR count). The zero-order chi connectivity index (χ0) is 12.3. The summed E-state index contributed by atoms with van der Waals surface area (Å²) in [7, 11) is 0. The Morgan fingerprint density at radius 3 is 2.76 bits per heavy atom. The smallest absolute Gasteiger partial charge is 0.251 e. The van der Waals surface area contributed by atoms with Crippen molar-refractivity contribution in [1.82, 2.24) is 10.6 Å². The highest BCUT2D eigenvalue weighted by Gasteiger charge is 2.16. The first-order valence-corrected chi connectivity index (χ1v) is 6.74. The van der Waals surface area contributed by atoms with Crippen molar-refractivity contribution in [3.05, 3.63) is 33.8 Å². The third-order valence-electron chi connectivity index (χ3n) is 3.09. The fourth-order valence-electron chi connectivity index (χ4n) is 2.02. The van der Waals surface area contributed by atoms with Crippen molar-refractivity contribution in [3.8, 4) is 0 Å². The molecule has 1 saturated heterocycles. The molecular formula is C13H17BrN2O. The second-order valence-corrected chi connectivity index (χ2v) is 5.32. The fraction of sp³-hybridized carbons (Fsp3) is 0.462. The molecule has 0 spiro atoms. The number of nitrogens with one attached hydrogen (secondary N) is 2. The van der Waals surface area contributed by atoms with Crippen LogP contribution in [0.15, 0.2) is 22.7 Å². The van der Waals surface area contributed by atoms with E-state index in [1.54, 1.807) is 0 Å². The van der Waals surface area contributed by atoms with Crippen molar-refractivity contribution in [3.63, 3.8) is 0 Å². The van der Waals surface area contributed by atoms with Gasteiger partial charge >= 0.3 is 0 Å². The van der Waals surface area contributed by atoms with Gasteiger partial charge in [-0.3, -0.25) is 4.79 Å². The van der Waals surface area contributed by atoms with Gasteiger partial charge in [0.2, 0.25) is 0 Å². The minimum Gasteiger partial charge on any atom is -0.349 e. The molecule has 1 aromatic carbocycles. The van der Waals surface area contributed by atoms with Gasteiger partial charge in [0, 0.05) is 16.1 Å². The predicted octanol–water partition coefficient (Wildman–Crippen LogP) is 2.24. The van der Waals surface area contributed by atoms with Crippen LogP contribution >= 0.6 is 15.9 Å². The van der Waals surface area contributed by atoms with Crippen LogP contribution in [-0.4, -0.2) is 25.0 Å². The van der Waals surface area contributed by atoms with Crippen LogP contribution in [0.5, 0.6) is 0 Å². The topological polar surface area (TPSA) is 41.1 Å². The molecule has 0 radical (unpaired) electrons. The molecule has 1 aromatic rings. The van der Waals surface area contributed by atoms with E-state index in [2.05, 4.69) is 26.6 Å². The zero-order valence-corrected chi connectivity index (χ0v) is 11.5. The van der Waals surface area contributed by atoms with Crippen LogP contribution in [-0.2, 0) is 0 Å². The molecule has 2 N–H and O–H groups in total. The number of carbonyl (C=O) groups excluding carboxylic acids is 1. The Morgan fingerprint density at radius 2 is 2.12 bits per heavy atom. The highest BCUT2D eigenvalue weighted by atomic mass is 79.9. The summed E-state index contributed by atoms with van der Waals surface area (Å²) in [5, 5.41) is 6.37. The molecule has 0 bridgehead atoms. The van der Waals surface area contributed by atoms with Crippen LogP contribution < -0.4 is 10.6 Å². The van der Waals surface area contributed by atoms with E-state index in [4.69, 9.17) is 0 Å². The highest BCUT2D eigenvalue weighted by Crippen LogP contribution is 2.17. The van der Waals surface area contributed by atoms with Gasteiger partial charge in [-0.25, -0.2) is 0 Å². The lowest BCUT2D eigenvalue weighted by Crippen LogP contribution is -2.42. The summed E-state index contributed by atoms with van der Waals surface area (Å²) in [4.78, 5) is 12.0. The SMILES string of the molecule is Cc1cc(C(=O)NC2CCNCC2)ccc1Br. The van der Waals surface area contributed by atoms with Crippen LogP contribution in [0, 0.1) is 6.92 Å². The number of halogens is 1. The molecular weight excluding hydrogens is 280 g/mol. The van der Waals surface area contributed by atoms with Gasteiger partial charge in [-0.1, -0.05) is 15.9 Å². The molecule has 1 fully saturated rings. The quantitative estimate of drug-likeness (QED) is 0.879. The molecule has 1 aliphatic rings. The molecule has 3 nitrogen and oxygen atoms in total. The van der Waals surface area contributed by atoms with Gasteiger partial charge in [0.1, 0.15) is 0 Å². The van der Waals surface area contributed by atoms with Crippen molar-refractivity contribution >= 4 is 21.8 Å². The first kappa shape index (κ1) is 12.6. The first-order valence-electron chi connectivity index (χ1n) is 5.94. The Bertz CT molecular complexity index is 414. The van der Waals surface area contributed by atoms with Gasteiger partial charge in [-0.15, -0.1) is 0 Å². The summed E-state index contributed by atoms with van der Waals surface area (Å²) in [6.45, 7) is 3.97. The Balaban J connectivity index is 2.01. The predicted molar refractivity (Wildman–Crippen MR) is 72.2 cm³/mol. The number of hydrogen-bond acceptors (Lipinski definition) is 2. The summed E-state index contributed by atoms with van der Waals surface area (Å²) in [6.07, 6.45) is 2.03. The molecule has 0 unspecified atom stereocenters. The number of amides is 1. The second kappa shape index (κ2) is 5.65. The molecule has 0 atom stereocenters. The largest absolute Gasteiger partial charge is 0.349 e. The van der Waals surface area contributed by atoms with E-state index in [1.807, 2.05) is 25.1 Å². The van der Waals surface area contributed by atoms with Crippen LogP contribution in [0.3, 0.4) is 0 Å². The fourth-order valence-corrected chi connectivity index (χ4v) is 2.27. The van der Waals surface area contributed by atoms with Gasteiger partial charge in [0.05, 0.1) is 0 Å². The van der Waals surface area contributed by atoms with Gasteiger partial charge in [0.15, 0.2) is 0 Å². The Morgan fingerprint density at radius 1 is 1.41 bits per heavy atom. The van der Waals surface area contributed by atoms with Crippen molar-refractivity contribution in [2.24, 2.45) is 0 Å². The summed E-state index contributed by atoms with van der Waals surface area (Å²) in [5.74, 6) is 0.0347. The number of aryl methyl sites for hydroxylation is 1.